The third-order valence-electron chi connectivity index (χ3n) is 2.46. The van der Waals surface area contributed by atoms with E-state index in [9.17, 15) is 4.79 Å². The van der Waals surface area contributed by atoms with Crippen LogP contribution in [0.5, 0.6) is 0 Å². The number of nitrogens with two attached hydrogens (primary N) is 1. The summed E-state index contributed by atoms with van der Waals surface area (Å²) in [6.07, 6.45) is 1.76. The van der Waals surface area contributed by atoms with E-state index in [0.29, 0.717) is 6.54 Å². The summed E-state index contributed by atoms with van der Waals surface area (Å²) < 4.78 is 0. The lowest BCUT2D eigenvalue weighted by molar-refractivity contribution is -0.123. The molecular formula is C12H21Cl2N3O. The Morgan fingerprint density at radius 1 is 1.39 bits per heavy atom. The number of nitrogens with zero attached hydrogens (tertiary/aromatic N) is 1. The molecule has 0 radical (unpaired) electrons. The van der Waals surface area contributed by atoms with Crippen LogP contribution in [0, 0.1) is 12.8 Å². The first kappa shape index (κ1) is 19.5. The van der Waals surface area contributed by atoms with Crippen molar-refractivity contribution in [1.29, 1.82) is 0 Å². The Hall–Kier alpha value is -0.840. The summed E-state index contributed by atoms with van der Waals surface area (Å²) in [6, 6.07) is 3.42. The highest BCUT2D eigenvalue weighted by atomic mass is 35.5. The first-order valence-corrected chi connectivity index (χ1v) is 5.45. The summed E-state index contributed by atoms with van der Waals surface area (Å²) in [4.78, 5) is 15.7. The van der Waals surface area contributed by atoms with Crippen LogP contribution in [0.2, 0.25) is 0 Å². The number of halogens is 2. The molecule has 0 bridgehead atoms. The van der Waals surface area contributed by atoms with Crippen molar-refractivity contribution < 1.29 is 4.79 Å². The van der Waals surface area contributed by atoms with E-state index < -0.39 is 6.04 Å². The molecule has 0 aliphatic carbocycles. The Kier molecular flexibility index (Phi) is 9.90. The number of hydrogen-bond donors (Lipinski definition) is 2. The lowest BCUT2D eigenvalue weighted by Gasteiger charge is -2.15. The maximum atomic E-state index is 11.6. The van der Waals surface area contributed by atoms with E-state index >= 15 is 0 Å². The van der Waals surface area contributed by atoms with E-state index in [1.165, 1.54) is 0 Å². The second-order valence-corrected chi connectivity index (χ2v) is 4.30. The predicted molar refractivity (Wildman–Crippen MR) is 78.1 cm³/mol. The van der Waals surface area contributed by atoms with Gasteiger partial charge in [0.15, 0.2) is 0 Å². The molecule has 3 N–H and O–H groups in total. The highest BCUT2D eigenvalue weighted by molar-refractivity contribution is 5.85. The zero-order valence-electron chi connectivity index (χ0n) is 10.8. The normalized spacial score (nSPS) is 11.2. The zero-order valence-corrected chi connectivity index (χ0v) is 12.5. The minimum atomic E-state index is -0.446. The van der Waals surface area contributed by atoms with Gasteiger partial charge in [0, 0.05) is 18.4 Å². The fourth-order valence-electron chi connectivity index (χ4n) is 1.21. The zero-order chi connectivity index (χ0) is 12.1. The van der Waals surface area contributed by atoms with Crippen LogP contribution >= 0.6 is 24.8 Å². The van der Waals surface area contributed by atoms with Crippen LogP contribution in [0.4, 0.5) is 0 Å². The number of hydrogen-bond acceptors (Lipinski definition) is 3. The van der Waals surface area contributed by atoms with Gasteiger partial charge < -0.3 is 11.1 Å². The van der Waals surface area contributed by atoms with E-state index in [0.717, 1.165) is 11.3 Å². The van der Waals surface area contributed by atoms with E-state index in [1.54, 1.807) is 6.20 Å². The summed E-state index contributed by atoms with van der Waals surface area (Å²) in [5.41, 5.74) is 7.67. The molecule has 0 unspecified atom stereocenters. The summed E-state index contributed by atoms with van der Waals surface area (Å²) in [6.45, 7) is 6.26. The van der Waals surface area contributed by atoms with Crippen molar-refractivity contribution in [2.75, 3.05) is 0 Å². The Labute approximate surface area is 121 Å². The maximum Gasteiger partial charge on any atom is 0.237 e. The van der Waals surface area contributed by atoms with Gasteiger partial charge in [-0.2, -0.15) is 0 Å². The number of pyridine rings is 1. The molecule has 6 heteroatoms. The number of carbonyl (C=O) groups is 1. The molecule has 0 aliphatic rings. The lowest BCUT2D eigenvalue weighted by atomic mass is 10.1. The van der Waals surface area contributed by atoms with Crippen LogP contribution in [0.15, 0.2) is 18.3 Å². The largest absolute Gasteiger partial charge is 0.351 e. The van der Waals surface area contributed by atoms with Crippen molar-refractivity contribution >= 4 is 30.7 Å². The molecule has 1 heterocycles. The Balaban J connectivity index is 0. The summed E-state index contributed by atoms with van der Waals surface area (Å²) in [5, 5.41) is 2.80. The van der Waals surface area contributed by atoms with Gasteiger partial charge in [0.25, 0.3) is 0 Å². The molecule has 1 amide bonds. The SMILES string of the molecule is Cc1ccc(CNC(=O)[C@H](N)C(C)C)cn1.Cl.Cl. The maximum absolute atomic E-state index is 11.6. The third kappa shape index (κ3) is 6.19. The van der Waals surface area contributed by atoms with Crippen LogP contribution in [0.25, 0.3) is 0 Å². The average Bonchev–Trinajstić information content (AvgIpc) is 2.26. The van der Waals surface area contributed by atoms with E-state index in [4.69, 9.17) is 5.73 Å². The molecular weight excluding hydrogens is 273 g/mol. The van der Waals surface area contributed by atoms with Crippen molar-refractivity contribution in [2.24, 2.45) is 11.7 Å². The van der Waals surface area contributed by atoms with Crippen molar-refractivity contribution in [3.63, 3.8) is 0 Å². The summed E-state index contributed by atoms with van der Waals surface area (Å²) in [5.74, 6) is 0.0340. The number of rotatable bonds is 4. The van der Waals surface area contributed by atoms with Gasteiger partial charge in [-0.05, 0) is 24.5 Å². The fourth-order valence-corrected chi connectivity index (χ4v) is 1.21. The molecule has 104 valence electrons. The minimum absolute atomic E-state index is 0. The van der Waals surface area contributed by atoms with Crippen molar-refractivity contribution in [2.45, 2.75) is 33.4 Å². The van der Waals surface area contributed by atoms with Crippen LogP contribution in [0.1, 0.15) is 25.1 Å². The highest BCUT2D eigenvalue weighted by Crippen LogP contribution is 2.01. The molecule has 0 fully saturated rings. The third-order valence-corrected chi connectivity index (χ3v) is 2.46. The highest BCUT2D eigenvalue weighted by Gasteiger charge is 2.16. The molecule has 0 saturated carbocycles. The summed E-state index contributed by atoms with van der Waals surface area (Å²) >= 11 is 0. The standard InChI is InChI=1S/C12H19N3O.2ClH/c1-8(2)11(13)12(16)15-7-10-5-4-9(3)14-6-10;;/h4-6,8,11H,7,13H2,1-3H3,(H,15,16);2*1H/t11-;;/m1../s1. The minimum Gasteiger partial charge on any atom is -0.351 e. The molecule has 0 spiro atoms. The molecule has 4 nitrogen and oxygen atoms in total. The van der Waals surface area contributed by atoms with Gasteiger partial charge in [-0.3, -0.25) is 9.78 Å². The van der Waals surface area contributed by atoms with Crippen molar-refractivity contribution in [3.05, 3.63) is 29.6 Å². The first-order chi connectivity index (χ1) is 7.50. The Morgan fingerprint density at radius 3 is 2.44 bits per heavy atom. The quantitative estimate of drug-likeness (QED) is 0.890. The molecule has 0 saturated heterocycles. The number of aryl methyl sites for hydroxylation is 1. The monoisotopic (exact) mass is 293 g/mol. The van der Waals surface area contributed by atoms with Crippen LogP contribution < -0.4 is 11.1 Å². The second kappa shape index (κ2) is 9.14. The van der Waals surface area contributed by atoms with Crippen LogP contribution in [0.3, 0.4) is 0 Å². The van der Waals surface area contributed by atoms with Gasteiger partial charge in [-0.25, -0.2) is 0 Å². The lowest BCUT2D eigenvalue weighted by Crippen LogP contribution is -2.43. The first-order valence-electron chi connectivity index (χ1n) is 5.45. The second-order valence-electron chi connectivity index (χ2n) is 4.30. The number of carbonyl (C=O) groups excluding carboxylic acids is 1. The van der Waals surface area contributed by atoms with Crippen molar-refractivity contribution in [3.8, 4) is 0 Å². The number of amides is 1. The van der Waals surface area contributed by atoms with Gasteiger partial charge in [-0.15, -0.1) is 24.8 Å². The number of nitrogens with one attached hydrogen (secondary N) is 1. The van der Waals surface area contributed by atoms with Gasteiger partial charge in [-0.1, -0.05) is 19.9 Å². The fraction of sp³-hybridized carbons (Fsp3) is 0.500. The molecule has 1 aromatic heterocycles. The predicted octanol–water partition coefficient (Wildman–Crippen LogP) is 1.83. The molecule has 18 heavy (non-hydrogen) atoms. The van der Waals surface area contributed by atoms with Crippen LogP contribution in [-0.2, 0) is 11.3 Å². The molecule has 0 aliphatic heterocycles. The molecule has 0 aromatic carbocycles. The summed E-state index contributed by atoms with van der Waals surface area (Å²) in [7, 11) is 0. The van der Waals surface area contributed by atoms with Gasteiger partial charge in [0.1, 0.15) is 0 Å². The Bertz CT molecular complexity index is 355. The van der Waals surface area contributed by atoms with Gasteiger partial charge in [0.05, 0.1) is 6.04 Å². The number of aromatic nitrogens is 1. The van der Waals surface area contributed by atoms with Gasteiger partial charge >= 0.3 is 0 Å². The van der Waals surface area contributed by atoms with E-state index in [2.05, 4.69) is 10.3 Å². The molecule has 1 atom stereocenters. The van der Waals surface area contributed by atoms with E-state index in [-0.39, 0.29) is 36.6 Å². The van der Waals surface area contributed by atoms with Crippen molar-refractivity contribution in [1.82, 2.24) is 10.3 Å². The van der Waals surface area contributed by atoms with Gasteiger partial charge in [0.2, 0.25) is 5.91 Å². The smallest absolute Gasteiger partial charge is 0.237 e. The topological polar surface area (TPSA) is 68.0 Å². The van der Waals surface area contributed by atoms with Crippen LogP contribution in [-0.4, -0.2) is 16.9 Å². The average molecular weight is 294 g/mol. The molecule has 1 rings (SSSR count). The molecule has 1 aromatic rings. The van der Waals surface area contributed by atoms with E-state index in [1.807, 2.05) is 32.9 Å². The Morgan fingerprint density at radius 2 is 2.00 bits per heavy atom.